The van der Waals surface area contributed by atoms with Crippen molar-refractivity contribution in [1.29, 1.82) is 0 Å². The molecule has 1 amide bonds. The van der Waals surface area contributed by atoms with Gasteiger partial charge in [-0.05, 0) is 18.4 Å². The summed E-state index contributed by atoms with van der Waals surface area (Å²) in [6.07, 6.45) is 1.56. The molecule has 2 aliphatic heterocycles. The molecule has 0 bridgehead atoms. The SMILES string of the molecule is O=C([C@H]1CSCN1)N1CCCC(O)(c2ccccc2)C1. The predicted molar refractivity (Wildman–Crippen MR) is 80.4 cm³/mol. The number of nitrogens with one attached hydrogen (secondary N) is 1. The molecule has 5 heteroatoms. The van der Waals surface area contributed by atoms with Gasteiger partial charge in [0.1, 0.15) is 5.60 Å². The summed E-state index contributed by atoms with van der Waals surface area (Å²) in [7, 11) is 0. The summed E-state index contributed by atoms with van der Waals surface area (Å²) < 4.78 is 0. The highest BCUT2D eigenvalue weighted by Crippen LogP contribution is 2.31. The maximum Gasteiger partial charge on any atom is 0.240 e. The average molecular weight is 292 g/mol. The van der Waals surface area contributed by atoms with Crippen molar-refractivity contribution < 1.29 is 9.90 Å². The summed E-state index contributed by atoms with van der Waals surface area (Å²) in [5.74, 6) is 1.80. The minimum atomic E-state index is -0.902. The molecule has 2 fully saturated rings. The summed E-state index contributed by atoms with van der Waals surface area (Å²) in [5, 5.41) is 14.1. The van der Waals surface area contributed by atoms with E-state index >= 15 is 0 Å². The lowest BCUT2D eigenvalue weighted by molar-refractivity contribution is -0.140. The Balaban J connectivity index is 1.74. The molecule has 4 nitrogen and oxygen atoms in total. The van der Waals surface area contributed by atoms with Gasteiger partial charge < -0.3 is 10.0 Å². The van der Waals surface area contributed by atoms with Crippen LogP contribution in [0.15, 0.2) is 30.3 Å². The number of aliphatic hydroxyl groups is 1. The fourth-order valence-corrected chi connectivity index (χ4v) is 3.92. The van der Waals surface area contributed by atoms with Gasteiger partial charge in [0.25, 0.3) is 0 Å². The van der Waals surface area contributed by atoms with Crippen molar-refractivity contribution in [3.05, 3.63) is 35.9 Å². The normalized spacial score (nSPS) is 30.4. The van der Waals surface area contributed by atoms with Gasteiger partial charge in [-0.3, -0.25) is 10.1 Å². The van der Waals surface area contributed by atoms with Crippen LogP contribution < -0.4 is 5.32 Å². The van der Waals surface area contributed by atoms with Crippen LogP contribution in [-0.4, -0.2) is 46.7 Å². The summed E-state index contributed by atoms with van der Waals surface area (Å²) in [6, 6.07) is 9.61. The Hall–Kier alpha value is -1.04. The molecule has 2 N–H and O–H groups in total. The Morgan fingerprint density at radius 1 is 1.40 bits per heavy atom. The number of β-amino-alcohol motifs (C(OH)–C–C–N with tert-alkyl or cyclic N) is 1. The van der Waals surface area contributed by atoms with Gasteiger partial charge >= 0.3 is 0 Å². The molecule has 2 heterocycles. The summed E-state index contributed by atoms with van der Waals surface area (Å²) in [4.78, 5) is 14.3. The third-order valence-electron chi connectivity index (χ3n) is 4.11. The van der Waals surface area contributed by atoms with Gasteiger partial charge in [0.05, 0.1) is 12.6 Å². The average Bonchev–Trinajstić information content (AvgIpc) is 3.02. The van der Waals surface area contributed by atoms with Crippen LogP contribution in [0, 0.1) is 0 Å². The van der Waals surface area contributed by atoms with E-state index in [4.69, 9.17) is 0 Å². The topological polar surface area (TPSA) is 52.6 Å². The van der Waals surface area contributed by atoms with Gasteiger partial charge in [0, 0.05) is 18.2 Å². The lowest BCUT2D eigenvalue weighted by atomic mass is 9.85. The van der Waals surface area contributed by atoms with E-state index in [9.17, 15) is 9.90 Å². The van der Waals surface area contributed by atoms with E-state index in [-0.39, 0.29) is 11.9 Å². The molecular weight excluding hydrogens is 272 g/mol. The number of benzene rings is 1. The first-order valence-electron chi connectivity index (χ1n) is 7.07. The van der Waals surface area contributed by atoms with Crippen molar-refractivity contribution in [2.45, 2.75) is 24.5 Å². The van der Waals surface area contributed by atoms with Crippen molar-refractivity contribution in [2.75, 3.05) is 24.7 Å². The van der Waals surface area contributed by atoms with Crippen molar-refractivity contribution in [3.8, 4) is 0 Å². The van der Waals surface area contributed by atoms with E-state index in [0.717, 1.165) is 30.2 Å². The number of rotatable bonds is 2. The van der Waals surface area contributed by atoms with Crippen molar-refractivity contribution in [1.82, 2.24) is 10.2 Å². The van der Waals surface area contributed by atoms with E-state index in [0.29, 0.717) is 13.0 Å². The molecule has 1 aromatic carbocycles. The second-order valence-corrected chi connectivity index (χ2v) is 6.56. The van der Waals surface area contributed by atoms with Gasteiger partial charge in [-0.15, -0.1) is 11.8 Å². The van der Waals surface area contributed by atoms with Crippen LogP contribution >= 0.6 is 11.8 Å². The Labute approximate surface area is 123 Å². The van der Waals surface area contributed by atoms with Crippen LogP contribution in [0.25, 0.3) is 0 Å². The fraction of sp³-hybridized carbons (Fsp3) is 0.533. The third kappa shape index (κ3) is 2.71. The monoisotopic (exact) mass is 292 g/mol. The number of thioether (sulfide) groups is 1. The highest BCUT2D eigenvalue weighted by molar-refractivity contribution is 7.99. The molecule has 20 heavy (non-hydrogen) atoms. The molecule has 0 saturated carbocycles. The Morgan fingerprint density at radius 3 is 2.90 bits per heavy atom. The number of amides is 1. The van der Waals surface area contributed by atoms with Gasteiger partial charge in [-0.1, -0.05) is 30.3 Å². The highest BCUT2D eigenvalue weighted by Gasteiger charge is 2.38. The molecule has 2 atom stereocenters. The molecule has 3 rings (SSSR count). The van der Waals surface area contributed by atoms with Crippen LogP contribution in [0.4, 0.5) is 0 Å². The zero-order valence-electron chi connectivity index (χ0n) is 11.4. The number of piperidine rings is 1. The molecular formula is C15H20N2O2S. The molecule has 0 aromatic heterocycles. The number of carbonyl (C=O) groups is 1. The van der Waals surface area contributed by atoms with E-state index in [1.165, 1.54) is 0 Å². The van der Waals surface area contributed by atoms with E-state index in [1.54, 1.807) is 11.8 Å². The highest BCUT2D eigenvalue weighted by atomic mass is 32.2. The number of hydrogen-bond acceptors (Lipinski definition) is 4. The van der Waals surface area contributed by atoms with Crippen molar-refractivity contribution in [2.24, 2.45) is 0 Å². The Morgan fingerprint density at radius 2 is 2.20 bits per heavy atom. The molecule has 2 aliphatic rings. The number of nitrogens with zero attached hydrogens (tertiary/aromatic N) is 1. The van der Waals surface area contributed by atoms with Crippen molar-refractivity contribution >= 4 is 17.7 Å². The quantitative estimate of drug-likeness (QED) is 0.859. The van der Waals surface area contributed by atoms with E-state index < -0.39 is 5.60 Å². The first-order chi connectivity index (χ1) is 9.69. The molecule has 108 valence electrons. The van der Waals surface area contributed by atoms with E-state index in [2.05, 4.69) is 5.32 Å². The molecule has 1 aromatic rings. The molecule has 0 aliphatic carbocycles. The van der Waals surface area contributed by atoms with Gasteiger partial charge in [-0.25, -0.2) is 0 Å². The maximum atomic E-state index is 12.5. The Bertz CT molecular complexity index is 476. The smallest absolute Gasteiger partial charge is 0.240 e. The largest absolute Gasteiger partial charge is 0.383 e. The molecule has 2 saturated heterocycles. The summed E-state index contributed by atoms with van der Waals surface area (Å²) >= 11 is 1.75. The minimum absolute atomic E-state index is 0.0851. The zero-order valence-corrected chi connectivity index (χ0v) is 12.2. The van der Waals surface area contributed by atoms with Crippen LogP contribution in [0.1, 0.15) is 18.4 Å². The first-order valence-corrected chi connectivity index (χ1v) is 8.22. The number of likely N-dealkylation sites (tertiary alicyclic amines) is 1. The fourth-order valence-electron chi connectivity index (χ4n) is 2.98. The van der Waals surface area contributed by atoms with Gasteiger partial charge in [-0.2, -0.15) is 0 Å². The standard InChI is InChI=1S/C15H20N2O2S/c18-14(13-9-20-11-16-13)17-8-4-7-15(19,10-17)12-5-2-1-3-6-12/h1-3,5-6,13,16,19H,4,7-11H2/t13-,15?/m1/s1. The molecule has 0 radical (unpaired) electrons. The lowest BCUT2D eigenvalue weighted by Gasteiger charge is -2.40. The summed E-state index contributed by atoms with van der Waals surface area (Å²) in [6.45, 7) is 1.15. The zero-order chi connectivity index (χ0) is 14.0. The predicted octanol–water partition coefficient (Wildman–Crippen LogP) is 1.16. The molecule has 1 unspecified atom stereocenters. The number of hydrogen-bond donors (Lipinski definition) is 2. The second kappa shape index (κ2) is 5.76. The van der Waals surface area contributed by atoms with Gasteiger partial charge in [0.2, 0.25) is 5.91 Å². The Kier molecular flexibility index (Phi) is 4.01. The van der Waals surface area contributed by atoms with Crippen LogP contribution in [0.3, 0.4) is 0 Å². The maximum absolute atomic E-state index is 12.5. The van der Waals surface area contributed by atoms with Crippen LogP contribution in [0.2, 0.25) is 0 Å². The van der Waals surface area contributed by atoms with Gasteiger partial charge in [0.15, 0.2) is 0 Å². The minimum Gasteiger partial charge on any atom is -0.383 e. The number of carbonyl (C=O) groups excluding carboxylic acids is 1. The van der Waals surface area contributed by atoms with Crippen molar-refractivity contribution in [3.63, 3.8) is 0 Å². The lowest BCUT2D eigenvalue weighted by Crippen LogP contribution is -2.53. The summed E-state index contributed by atoms with van der Waals surface area (Å²) in [5.41, 5.74) is 0.00670. The van der Waals surface area contributed by atoms with Crippen LogP contribution in [0.5, 0.6) is 0 Å². The first kappa shape index (κ1) is 13.9. The second-order valence-electron chi connectivity index (χ2n) is 5.53. The van der Waals surface area contributed by atoms with Crippen LogP contribution in [-0.2, 0) is 10.4 Å². The van der Waals surface area contributed by atoms with E-state index in [1.807, 2.05) is 35.2 Å². The molecule has 0 spiro atoms. The third-order valence-corrected chi connectivity index (χ3v) is 5.05.